The SMILES string of the molecule is CC(C)C(C)NCCN1CCCCC1. The van der Waals surface area contributed by atoms with E-state index in [2.05, 4.69) is 31.0 Å². The third kappa shape index (κ3) is 4.43. The Morgan fingerprint density at radius 2 is 1.71 bits per heavy atom. The van der Waals surface area contributed by atoms with Crippen LogP contribution in [0.5, 0.6) is 0 Å². The zero-order valence-corrected chi connectivity index (χ0v) is 10.1. The van der Waals surface area contributed by atoms with Crippen LogP contribution in [-0.4, -0.2) is 37.1 Å². The molecule has 84 valence electrons. The Kier molecular flexibility index (Phi) is 5.49. The summed E-state index contributed by atoms with van der Waals surface area (Å²) >= 11 is 0. The number of hydrogen-bond acceptors (Lipinski definition) is 2. The lowest BCUT2D eigenvalue weighted by molar-refractivity contribution is 0.224. The Bertz CT molecular complexity index is 139. The first-order valence-electron chi connectivity index (χ1n) is 6.16. The van der Waals surface area contributed by atoms with Gasteiger partial charge in [-0.05, 0) is 38.8 Å². The van der Waals surface area contributed by atoms with Gasteiger partial charge in [-0.15, -0.1) is 0 Å². The molecule has 14 heavy (non-hydrogen) atoms. The highest BCUT2D eigenvalue weighted by atomic mass is 15.1. The normalized spacial score (nSPS) is 21.4. The second-order valence-electron chi connectivity index (χ2n) is 4.89. The van der Waals surface area contributed by atoms with Gasteiger partial charge in [0.15, 0.2) is 0 Å². The van der Waals surface area contributed by atoms with E-state index in [-0.39, 0.29) is 0 Å². The molecular formula is C12H26N2. The first-order valence-corrected chi connectivity index (χ1v) is 6.16. The number of nitrogens with zero attached hydrogens (tertiary/aromatic N) is 1. The van der Waals surface area contributed by atoms with Crippen molar-refractivity contribution in [2.45, 2.75) is 46.1 Å². The van der Waals surface area contributed by atoms with Crippen molar-refractivity contribution in [3.05, 3.63) is 0 Å². The molecule has 1 aliphatic heterocycles. The molecule has 2 heteroatoms. The Morgan fingerprint density at radius 1 is 1.07 bits per heavy atom. The van der Waals surface area contributed by atoms with Crippen LogP contribution in [0.4, 0.5) is 0 Å². The summed E-state index contributed by atoms with van der Waals surface area (Å²) in [5.41, 5.74) is 0. The van der Waals surface area contributed by atoms with E-state index in [1.165, 1.54) is 38.9 Å². The van der Waals surface area contributed by atoms with Crippen molar-refractivity contribution in [2.24, 2.45) is 5.92 Å². The second kappa shape index (κ2) is 6.41. The number of likely N-dealkylation sites (tertiary alicyclic amines) is 1. The van der Waals surface area contributed by atoms with E-state index in [4.69, 9.17) is 0 Å². The fourth-order valence-corrected chi connectivity index (χ4v) is 1.87. The minimum Gasteiger partial charge on any atom is -0.313 e. The van der Waals surface area contributed by atoms with E-state index in [0.717, 1.165) is 12.5 Å². The Labute approximate surface area is 89.1 Å². The molecule has 0 aliphatic carbocycles. The molecule has 2 nitrogen and oxygen atoms in total. The highest BCUT2D eigenvalue weighted by Gasteiger charge is 2.10. The van der Waals surface area contributed by atoms with Crippen LogP contribution < -0.4 is 5.32 Å². The quantitative estimate of drug-likeness (QED) is 0.728. The van der Waals surface area contributed by atoms with Gasteiger partial charge in [-0.1, -0.05) is 20.3 Å². The molecule has 1 N–H and O–H groups in total. The molecule has 0 bridgehead atoms. The van der Waals surface area contributed by atoms with E-state index in [0.29, 0.717) is 6.04 Å². The van der Waals surface area contributed by atoms with Crippen LogP contribution >= 0.6 is 0 Å². The lowest BCUT2D eigenvalue weighted by atomic mass is 10.1. The van der Waals surface area contributed by atoms with Gasteiger partial charge in [-0.2, -0.15) is 0 Å². The molecule has 0 aromatic rings. The number of piperidine rings is 1. The van der Waals surface area contributed by atoms with Gasteiger partial charge in [0.1, 0.15) is 0 Å². The standard InChI is InChI=1S/C12H26N2/c1-11(2)12(3)13-7-10-14-8-5-4-6-9-14/h11-13H,4-10H2,1-3H3. The minimum absolute atomic E-state index is 0.653. The summed E-state index contributed by atoms with van der Waals surface area (Å²) in [6, 6.07) is 0.653. The molecule has 1 aliphatic rings. The van der Waals surface area contributed by atoms with Gasteiger partial charge in [0.05, 0.1) is 0 Å². The predicted octanol–water partition coefficient (Wildman–Crippen LogP) is 2.11. The van der Waals surface area contributed by atoms with Crippen molar-refractivity contribution in [3.8, 4) is 0 Å². The summed E-state index contributed by atoms with van der Waals surface area (Å²) < 4.78 is 0. The first-order chi connectivity index (χ1) is 6.70. The summed E-state index contributed by atoms with van der Waals surface area (Å²) in [6.07, 6.45) is 4.24. The molecule has 0 spiro atoms. The molecule has 1 saturated heterocycles. The van der Waals surface area contributed by atoms with Gasteiger partial charge in [-0.3, -0.25) is 0 Å². The van der Waals surface area contributed by atoms with E-state index in [1.807, 2.05) is 0 Å². The highest BCUT2D eigenvalue weighted by molar-refractivity contribution is 4.68. The molecule has 0 amide bonds. The topological polar surface area (TPSA) is 15.3 Å². The Morgan fingerprint density at radius 3 is 2.29 bits per heavy atom. The predicted molar refractivity (Wildman–Crippen MR) is 62.6 cm³/mol. The number of hydrogen-bond donors (Lipinski definition) is 1. The molecule has 1 rings (SSSR count). The zero-order valence-electron chi connectivity index (χ0n) is 10.1. The van der Waals surface area contributed by atoms with Crippen LogP contribution in [0, 0.1) is 5.92 Å². The molecule has 1 unspecified atom stereocenters. The molecule has 1 fully saturated rings. The van der Waals surface area contributed by atoms with Gasteiger partial charge >= 0.3 is 0 Å². The van der Waals surface area contributed by atoms with Crippen LogP contribution in [0.1, 0.15) is 40.0 Å². The Hall–Kier alpha value is -0.0800. The van der Waals surface area contributed by atoms with Crippen LogP contribution in [0.25, 0.3) is 0 Å². The first kappa shape index (κ1) is 12.0. The summed E-state index contributed by atoms with van der Waals surface area (Å²) in [7, 11) is 0. The van der Waals surface area contributed by atoms with E-state index in [9.17, 15) is 0 Å². The monoisotopic (exact) mass is 198 g/mol. The molecule has 1 atom stereocenters. The Balaban J connectivity index is 2.02. The maximum absolute atomic E-state index is 3.59. The fraction of sp³-hybridized carbons (Fsp3) is 1.00. The maximum atomic E-state index is 3.59. The van der Waals surface area contributed by atoms with Crippen molar-refractivity contribution in [1.29, 1.82) is 0 Å². The van der Waals surface area contributed by atoms with Crippen molar-refractivity contribution < 1.29 is 0 Å². The third-order valence-corrected chi connectivity index (χ3v) is 3.34. The summed E-state index contributed by atoms with van der Waals surface area (Å²) in [4.78, 5) is 2.59. The average Bonchev–Trinajstić information content (AvgIpc) is 2.19. The molecule has 0 aromatic carbocycles. The van der Waals surface area contributed by atoms with Crippen molar-refractivity contribution in [1.82, 2.24) is 10.2 Å². The number of rotatable bonds is 5. The summed E-state index contributed by atoms with van der Waals surface area (Å²) in [5, 5.41) is 3.59. The van der Waals surface area contributed by atoms with E-state index in [1.54, 1.807) is 0 Å². The summed E-state index contributed by atoms with van der Waals surface area (Å²) in [6.45, 7) is 11.9. The van der Waals surface area contributed by atoms with Gasteiger partial charge in [0, 0.05) is 19.1 Å². The van der Waals surface area contributed by atoms with Crippen LogP contribution in [0.3, 0.4) is 0 Å². The molecule has 0 saturated carbocycles. The molecule has 1 heterocycles. The van der Waals surface area contributed by atoms with Gasteiger partial charge < -0.3 is 10.2 Å². The lowest BCUT2D eigenvalue weighted by Gasteiger charge is -2.27. The van der Waals surface area contributed by atoms with Crippen molar-refractivity contribution in [2.75, 3.05) is 26.2 Å². The zero-order chi connectivity index (χ0) is 10.4. The van der Waals surface area contributed by atoms with E-state index < -0.39 is 0 Å². The van der Waals surface area contributed by atoms with Crippen LogP contribution in [0.2, 0.25) is 0 Å². The van der Waals surface area contributed by atoms with Gasteiger partial charge in [0.2, 0.25) is 0 Å². The third-order valence-electron chi connectivity index (χ3n) is 3.34. The maximum Gasteiger partial charge on any atom is 0.0107 e. The molecule has 0 radical (unpaired) electrons. The molecule has 0 aromatic heterocycles. The lowest BCUT2D eigenvalue weighted by Crippen LogP contribution is -2.39. The van der Waals surface area contributed by atoms with Crippen LogP contribution in [0.15, 0.2) is 0 Å². The largest absolute Gasteiger partial charge is 0.313 e. The van der Waals surface area contributed by atoms with Crippen LogP contribution in [-0.2, 0) is 0 Å². The minimum atomic E-state index is 0.653. The van der Waals surface area contributed by atoms with Crippen molar-refractivity contribution >= 4 is 0 Å². The summed E-state index contributed by atoms with van der Waals surface area (Å²) in [5.74, 6) is 0.747. The van der Waals surface area contributed by atoms with Gasteiger partial charge in [0.25, 0.3) is 0 Å². The molecular weight excluding hydrogens is 172 g/mol. The van der Waals surface area contributed by atoms with Crippen molar-refractivity contribution in [3.63, 3.8) is 0 Å². The van der Waals surface area contributed by atoms with Gasteiger partial charge in [-0.25, -0.2) is 0 Å². The fourth-order valence-electron chi connectivity index (χ4n) is 1.87. The number of nitrogens with one attached hydrogen (secondary N) is 1. The smallest absolute Gasteiger partial charge is 0.0107 e. The average molecular weight is 198 g/mol. The van der Waals surface area contributed by atoms with E-state index >= 15 is 0 Å². The highest BCUT2D eigenvalue weighted by Crippen LogP contribution is 2.07. The second-order valence-corrected chi connectivity index (χ2v) is 4.89.